The number of fused-ring (bicyclic) bond motifs is 1. The van der Waals surface area contributed by atoms with Crippen LogP contribution in [0.5, 0.6) is 0 Å². The molecule has 1 aliphatic carbocycles. The highest BCUT2D eigenvalue weighted by Crippen LogP contribution is 2.31. The van der Waals surface area contributed by atoms with Crippen LogP contribution in [0.4, 0.5) is 17.5 Å². The summed E-state index contributed by atoms with van der Waals surface area (Å²) in [7, 11) is 5.44. The van der Waals surface area contributed by atoms with Crippen molar-refractivity contribution in [3.05, 3.63) is 46.5 Å². The van der Waals surface area contributed by atoms with Gasteiger partial charge in [-0.15, -0.1) is 0 Å². The molecule has 184 valence electrons. The summed E-state index contributed by atoms with van der Waals surface area (Å²) in [5, 5.41) is 3.90. The van der Waals surface area contributed by atoms with Gasteiger partial charge in [0.1, 0.15) is 17.0 Å². The number of nitrogens with one attached hydrogen (secondary N) is 1. The monoisotopic (exact) mass is 476 g/mol. The van der Waals surface area contributed by atoms with E-state index in [1.165, 1.54) is 4.90 Å². The first kappa shape index (κ1) is 23.2. The number of pyridine rings is 2. The zero-order valence-corrected chi connectivity index (χ0v) is 20.6. The molecule has 10 nitrogen and oxygen atoms in total. The number of rotatable bonds is 5. The van der Waals surface area contributed by atoms with Gasteiger partial charge in [-0.05, 0) is 38.1 Å². The molecule has 4 heterocycles. The maximum absolute atomic E-state index is 13.4. The quantitative estimate of drug-likeness (QED) is 0.600. The van der Waals surface area contributed by atoms with E-state index in [9.17, 15) is 9.59 Å². The lowest BCUT2D eigenvalue weighted by atomic mass is 10.1. The highest BCUT2D eigenvalue weighted by Gasteiger charge is 2.25. The van der Waals surface area contributed by atoms with E-state index >= 15 is 0 Å². The van der Waals surface area contributed by atoms with E-state index in [-0.39, 0.29) is 23.1 Å². The van der Waals surface area contributed by atoms with Crippen molar-refractivity contribution in [3.8, 4) is 0 Å². The molecule has 0 atom stereocenters. The van der Waals surface area contributed by atoms with Crippen LogP contribution in [-0.4, -0.2) is 82.5 Å². The van der Waals surface area contributed by atoms with Gasteiger partial charge in [-0.1, -0.05) is 12.8 Å². The number of carbonyl (C=O) groups is 1. The fourth-order valence-electron chi connectivity index (χ4n) is 4.89. The molecule has 1 aliphatic heterocycles. The molecule has 0 unspecified atom stereocenters. The number of piperazine rings is 1. The van der Waals surface area contributed by atoms with Crippen LogP contribution in [0.2, 0.25) is 0 Å². The Bertz CT molecular complexity index is 1270. The van der Waals surface area contributed by atoms with Gasteiger partial charge in [0.25, 0.3) is 11.5 Å². The minimum Gasteiger partial charge on any atom is -0.354 e. The Hall–Kier alpha value is -3.53. The van der Waals surface area contributed by atoms with Gasteiger partial charge in [0.15, 0.2) is 0 Å². The van der Waals surface area contributed by atoms with Gasteiger partial charge in [-0.25, -0.2) is 9.97 Å². The van der Waals surface area contributed by atoms with Crippen molar-refractivity contribution >= 4 is 34.4 Å². The number of aromatic nitrogens is 4. The lowest BCUT2D eigenvalue weighted by molar-refractivity contribution is 0.0825. The highest BCUT2D eigenvalue weighted by atomic mass is 16.2. The van der Waals surface area contributed by atoms with E-state index in [0.29, 0.717) is 17.0 Å². The molecule has 1 N–H and O–H groups in total. The Kier molecular flexibility index (Phi) is 6.38. The Labute approximate surface area is 204 Å². The van der Waals surface area contributed by atoms with Gasteiger partial charge in [0.2, 0.25) is 5.95 Å². The third-order valence-corrected chi connectivity index (χ3v) is 6.93. The van der Waals surface area contributed by atoms with Crippen LogP contribution in [0.15, 0.2) is 35.4 Å². The molecule has 1 saturated carbocycles. The number of hydrogen-bond donors (Lipinski definition) is 1. The van der Waals surface area contributed by atoms with Gasteiger partial charge in [-0.2, -0.15) is 4.98 Å². The lowest BCUT2D eigenvalue weighted by Gasteiger charge is -2.33. The summed E-state index contributed by atoms with van der Waals surface area (Å²) in [4.78, 5) is 45.9. The number of anilines is 3. The molecule has 3 aromatic rings. The van der Waals surface area contributed by atoms with Crippen LogP contribution in [-0.2, 0) is 0 Å². The summed E-state index contributed by atoms with van der Waals surface area (Å²) in [6.07, 6.45) is 7.38. The Morgan fingerprint density at radius 1 is 1.06 bits per heavy atom. The van der Waals surface area contributed by atoms with E-state index in [1.807, 2.05) is 12.1 Å². The summed E-state index contributed by atoms with van der Waals surface area (Å²) in [5.74, 6) is 1.04. The summed E-state index contributed by atoms with van der Waals surface area (Å²) < 4.78 is 1.71. The average molecular weight is 477 g/mol. The first-order valence-corrected chi connectivity index (χ1v) is 12.2. The third kappa shape index (κ3) is 4.70. The first-order valence-electron chi connectivity index (χ1n) is 12.2. The number of nitrogens with zero attached hydrogens (tertiary/aromatic N) is 7. The van der Waals surface area contributed by atoms with E-state index in [0.717, 1.165) is 63.4 Å². The number of amides is 1. The van der Waals surface area contributed by atoms with Crippen LogP contribution in [0.1, 0.15) is 42.1 Å². The van der Waals surface area contributed by atoms with Crippen LogP contribution in [0.25, 0.3) is 11.0 Å². The molecular formula is C25H32N8O2. The standard InChI is InChI=1S/C25H32N8O2/c1-30(2)23(34)20-14-17-15-27-25(29-22(17)33(24(20)35)19-6-4-5-7-19)28-18-8-9-21(26-16-18)32-12-10-31(3)11-13-32/h8-9,14-16,19H,4-7,10-13H2,1-3H3,(H,27,28,29). The summed E-state index contributed by atoms with van der Waals surface area (Å²) in [6.45, 7) is 3.97. The minimum absolute atomic E-state index is 0.0344. The fourth-order valence-corrected chi connectivity index (χ4v) is 4.89. The summed E-state index contributed by atoms with van der Waals surface area (Å²) >= 11 is 0. The van der Waals surface area contributed by atoms with Crippen LogP contribution in [0.3, 0.4) is 0 Å². The number of likely N-dealkylation sites (N-methyl/N-ethyl adjacent to an activating group) is 1. The number of hydrogen-bond acceptors (Lipinski definition) is 8. The molecule has 1 amide bonds. The zero-order valence-electron chi connectivity index (χ0n) is 20.6. The van der Waals surface area contributed by atoms with E-state index < -0.39 is 0 Å². The molecule has 0 spiro atoms. The van der Waals surface area contributed by atoms with Crippen molar-refractivity contribution in [2.24, 2.45) is 0 Å². The van der Waals surface area contributed by atoms with Crippen molar-refractivity contribution in [3.63, 3.8) is 0 Å². The third-order valence-electron chi connectivity index (χ3n) is 6.93. The molecule has 0 radical (unpaired) electrons. The molecule has 3 aromatic heterocycles. The van der Waals surface area contributed by atoms with E-state index in [2.05, 4.69) is 32.1 Å². The Morgan fingerprint density at radius 3 is 2.46 bits per heavy atom. The minimum atomic E-state index is -0.308. The fraction of sp³-hybridized carbons (Fsp3) is 0.480. The Balaban J connectivity index is 1.46. The Morgan fingerprint density at radius 2 is 1.80 bits per heavy atom. The summed E-state index contributed by atoms with van der Waals surface area (Å²) in [6, 6.07) is 5.62. The second kappa shape index (κ2) is 9.61. The molecule has 0 aromatic carbocycles. The normalized spacial score (nSPS) is 17.2. The first-order chi connectivity index (χ1) is 16.9. The molecule has 35 heavy (non-hydrogen) atoms. The van der Waals surface area contributed by atoms with Crippen LogP contribution >= 0.6 is 0 Å². The largest absolute Gasteiger partial charge is 0.354 e. The average Bonchev–Trinajstić information content (AvgIpc) is 3.39. The lowest BCUT2D eigenvalue weighted by Crippen LogP contribution is -2.44. The molecule has 5 rings (SSSR count). The van der Waals surface area contributed by atoms with Crippen molar-refractivity contribution in [2.45, 2.75) is 31.7 Å². The molecule has 10 heteroatoms. The number of carbonyl (C=O) groups excluding carboxylic acids is 1. The molecule has 2 aliphatic rings. The van der Waals surface area contributed by atoms with Gasteiger partial charge in [0, 0.05) is 57.9 Å². The maximum atomic E-state index is 13.4. The topological polar surface area (TPSA) is 99.5 Å². The molecule has 0 bridgehead atoms. The van der Waals surface area contributed by atoms with Gasteiger partial charge >= 0.3 is 0 Å². The van der Waals surface area contributed by atoms with Gasteiger partial charge in [0.05, 0.1) is 11.9 Å². The van der Waals surface area contributed by atoms with Crippen LogP contribution < -0.4 is 15.8 Å². The highest BCUT2D eigenvalue weighted by molar-refractivity contribution is 5.96. The van der Waals surface area contributed by atoms with Crippen molar-refractivity contribution < 1.29 is 4.79 Å². The second-order valence-corrected chi connectivity index (χ2v) is 9.66. The van der Waals surface area contributed by atoms with E-state index in [4.69, 9.17) is 4.98 Å². The molecular weight excluding hydrogens is 444 g/mol. The molecule has 1 saturated heterocycles. The maximum Gasteiger partial charge on any atom is 0.265 e. The predicted octanol–water partition coefficient (Wildman–Crippen LogP) is 2.50. The van der Waals surface area contributed by atoms with Gasteiger partial charge < -0.3 is 20.0 Å². The van der Waals surface area contributed by atoms with Crippen LogP contribution in [0, 0.1) is 0 Å². The van der Waals surface area contributed by atoms with E-state index in [1.54, 1.807) is 37.1 Å². The van der Waals surface area contributed by atoms with Crippen molar-refractivity contribution in [1.82, 2.24) is 29.3 Å². The summed E-state index contributed by atoms with van der Waals surface area (Å²) in [5.41, 5.74) is 1.20. The smallest absolute Gasteiger partial charge is 0.265 e. The van der Waals surface area contributed by atoms with Gasteiger partial charge in [-0.3, -0.25) is 14.2 Å². The molecule has 2 fully saturated rings. The predicted molar refractivity (Wildman–Crippen MR) is 137 cm³/mol. The SMILES string of the molecule is CN1CCN(c2ccc(Nc3ncc4cc(C(=O)N(C)C)c(=O)n(C5CCCC5)c4n3)cn2)CC1. The van der Waals surface area contributed by atoms with Crippen molar-refractivity contribution in [2.75, 3.05) is 57.5 Å². The zero-order chi connectivity index (χ0) is 24.5. The van der Waals surface area contributed by atoms with Crippen molar-refractivity contribution in [1.29, 1.82) is 0 Å². The second-order valence-electron chi connectivity index (χ2n) is 9.66.